The van der Waals surface area contributed by atoms with Gasteiger partial charge in [-0.3, -0.25) is 4.98 Å². The molecule has 0 atom stereocenters. The van der Waals surface area contributed by atoms with Gasteiger partial charge in [-0.2, -0.15) is 13.2 Å². The van der Waals surface area contributed by atoms with Gasteiger partial charge in [-0.15, -0.1) is 11.3 Å². The minimum Gasteiger partial charge on any atom is -0.500 e. The number of thiazole rings is 1. The highest BCUT2D eigenvalue weighted by Crippen LogP contribution is 2.36. The van der Waals surface area contributed by atoms with Crippen LogP contribution < -0.4 is 5.32 Å². The fourth-order valence-corrected chi connectivity index (χ4v) is 3.13. The molecule has 2 aromatic heterocycles. The lowest BCUT2D eigenvalue weighted by Crippen LogP contribution is -2.18. The molecule has 126 valence electrons. The van der Waals surface area contributed by atoms with Gasteiger partial charge in [0.25, 0.3) is 0 Å². The van der Waals surface area contributed by atoms with Crippen molar-refractivity contribution in [2.45, 2.75) is 19.0 Å². The normalized spacial score (nSPS) is 15.2. The van der Waals surface area contributed by atoms with Crippen LogP contribution in [0.2, 0.25) is 0 Å². The summed E-state index contributed by atoms with van der Waals surface area (Å²) in [5, 5.41) is 5.36. The van der Waals surface area contributed by atoms with Crippen molar-refractivity contribution < 1.29 is 17.9 Å². The molecule has 0 bridgehead atoms. The standard InChI is InChI=1S/C16H14F3N3OS/c1-23-14-5-4-11(7-12(14)16(17,18)19)21-15-22-13(9-24-15)10-3-2-6-20-8-10/h2-3,6-9H,4-5H2,1H3,(H,21,22). The quantitative estimate of drug-likeness (QED) is 0.861. The van der Waals surface area contributed by atoms with E-state index in [0.717, 1.165) is 17.3 Å². The van der Waals surface area contributed by atoms with Crippen LogP contribution in [0, 0.1) is 0 Å². The lowest BCUT2D eigenvalue weighted by Gasteiger charge is -2.21. The van der Waals surface area contributed by atoms with Gasteiger partial charge in [0.15, 0.2) is 5.13 Å². The molecule has 2 aromatic rings. The predicted octanol–water partition coefficient (Wildman–Crippen LogP) is 4.76. The monoisotopic (exact) mass is 353 g/mol. The molecule has 0 saturated carbocycles. The van der Waals surface area contributed by atoms with Gasteiger partial charge in [-0.05, 0) is 24.6 Å². The van der Waals surface area contributed by atoms with Gasteiger partial charge in [-0.1, -0.05) is 0 Å². The van der Waals surface area contributed by atoms with Gasteiger partial charge in [0.2, 0.25) is 0 Å². The number of hydrogen-bond donors (Lipinski definition) is 1. The minimum atomic E-state index is -4.44. The number of ether oxygens (including phenoxy) is 1. The summed E-state index contributed by atoms with van der Waals surface area (Å²) in [6.45, 7) is 0. The Bertz CT molecular complexity index is 781. The van der Waals surface area contributed by atoms with Crippen LogP contribution in [0.3, 0.4) is 0 Å². The van der Waals surface area contributed by atoms with E-state index in [9.17, 15) is 13.2 Å². The highest BCUT2D eigenvalue weighted by atomic mass is 32.1. The van der Waals surface area contributed by atoms with Crippen molar-refractivity contribution in [3.63, 3.8) is 0 Å². The number of methoxy groups -OCH3 is 1. The van der Waals surface area contributed by atoms with Crippen LogP contribution in [-0.2, 0) is 4.74 Å². The second-order valence-electron chi connectivity index (χ2n) is 5.11. The SMILES string of the molecule is COC1=C(C(F)(F)F)C=C(Nc2nc(-c3cccnc3)cs2)CC1. The van der Waals surface area contributed by atoms with Crippen LogP contribution in [0.5, 0.6) is 0 Å². The van der Waals surface area contributed by atoms with Gasteiger partial charge in [0, 0.05) is 35.5 Å². The number of aromatic nitrogens is 2. The molecule has 0 spiro atoms. The largest absolute Gasteiger partial charge is 0.500 e. The Kier molecular flexibility index (Phi) is 4.57. The molecular weight excluding hydrogens is 339 g/mol. The van der Waals surface area contributed by atoms with Crippen LogP contribution in [-0.4, -0.2) is 23.3 Å². The third-order valence-electron chi connectivity index (χ3n) is 3.52. The molecule has 3 rings (SSSR count). The first-order valence-electron chi connectivity index (χ1n) is 7.15. The van der Waals surface area contributed by atoms with Crippen molar-refractivity contribution in [2.75, 3.05) is 12.4 Å². The summed E-state index contributed by atoms with van der Waals surface area (Å²) in [4.78, 5) is 8.43. The maximum absolute atomic E-state index is 13.1. The molecule has 2 heterocycles. The van der Waals surface area contributed by atoms with E-state index in [0.29, 0.717) is 17.2 Å². The third kappa shape index (κ3) is 3.59. The third-order valence-corrected chi connectivity index (χ3v) is 4.28. The summed E-state index contributed by atoms with van der Waals surface area (Å²) in [5.74, 6) is -0.0387. The number of hydrogen-bond acceptors (Lipinski definition) is 5. The molecule has 8 heteroatoms. The Hall–Kier alpha value is -2.35. The second kappa shape index (κ2) is 6.64. The molecule has 0 aromatic carbocycles. The van der Waals surface area contributed by atoms with E-state index in [-0.39, 0.29) is 12.2 Å². The topological polar surface area (TPSA) is 47.0 Å². The van der Waals surface area contributed by atoms with Crippen molar-refractivity contribution >= 4 is 16.5 Å². The molecule has 0 saturated heterocycles. The average Bonchev–Trinajstić information content (AvgIpc) is 3.03. The van der Waals surface area contributed by atoms with Gasteiger partial charge < -0.3 is 10.1 Å². The summed E-state index contributed by atoms with van der Waals surface area (Å²) in [6, 6.07) is 3.68. The average molecular weight is 353 g/mol. The Morgan fingerprint density at radius 1 is 1.29 bits per heavy atom. The number of nitrogens with zero attached hydrogens (tertiary/aromatic N) is 2. The zero-order valence-corrected chi connectivity index (χ0v) is 13.5. The van der Waals surface area contributed by atoms with E-state index in [2.05, 4.69) is 15.3 Å². The zero-order valence-electron chi connectivity index (χ0n) is 12.7. The molecular formula is C16H14F3N3OS. The number of anilines is 1. The maximum atomic E-state index is 13.1. The number of rotatable bonds is 4. The van der Waals surface area contributed by atoms with E-state index < -0.39 is 11.7 Å². The fourth-order valence-electron chi connectivity index (χ4n) is 2.38. The van der Waals surface area contributed by atoms with Crippen LogP contribution in [0.4, 0.5) is 18.3 Å². The number of pyridine rings is 1. The van der Waals surface area contributed by atoms with Crippen molar-refractivity contribution in [3.05, 3.63) is 53.0 Å². The van der Waals surface area contributed by atoms with Crippen LogP contribution in [0.25, 0.3) is 11.3 Å². The van der Waals surface area contributed by atoms with Gasteiger partial charge in [0.1, 0.15) is 5.76 Å². The Morgan fingerprint density at radius 3 is 2.79 bits per heavy atom. The molecule has 0 amide bonds. The first-order valence-corrected chi connectivity index (χ1v) is 8.03. The van der Waals surface area contributed by atoms with Gasteiger partial charge in [0.05, 0.1) is 18.4 Å². The Balaban J connectivity index is 1.81. The van der Waals surface area contributed by atoms with Crippen LogP contribution in [0.15, 0.2) is 53.0 Å². The fraction of sp³-hybridized carbons (Fsp3) is 0.250. The summed E-state index contributed by atoms with van der Waals surface area (Å²) >= 11 is 1.33. The summed E-state index contributed by atoms with van der Waals surface area (Å²) in [5.41, 5.74) is 1.31. The Morgan fingerprint density at radius 2 is 2.12 bits per heavy atom. The minimum absolute atomic E-state index is 0.0387. The first-order chi connectivity index (χ1) is 11.5. The first kappa shape index (κ1) is 16.5. The maximum Gasteiger partial charge on any atom is 0.419 e. The molecule has 0 unspecified atom stereocenters. The summed E-state index contributed by atoms with van der Waals surface area (Å²) in [6.07, 6.45) is 0.639. The molecule has 0 aliphatic heterocycles. The number of allylic oxidation sites excluding steroid dienone is 4. The highest BCUT2D eigenvalue weighted by molar-refractivity contribution is 7.14. The van der Waals surface area contributed by atoms with E-state index in [1.807, 2.05) is 11.4 Å². The zero-order chi connectivity index (χ0) is 17.2. The Labute approximate surface area is 140 Å². The summed E-state index contributed by atoms with van der Waals surface area (Å²) < 4.78 is 44.1. The van der Waals surface area contributed by atoms with E-state index in [4.69, 9.17) is 4.74 Å². The van der Waals surface area contributed by atoms with Gasteiger partial charge in [-0.25, -0.2) is 4.98 Å². The summed E-state index contributed by atoms with van der Waals surface area (Å²) in [7, 11) is 1.26. The molecule has 4 nitrogen and oxygen atoms in total. The highest BCUT2D eigenvalue weighted by Gasteiger charge is 2.37. The van der Waals surface area contributed by atoms with Crippen LogP contribution >= 0.6 is 11.3 Å². The number of alkyl halides is 3. The van der Waals surface area contributed by atoms with Crippen molar-refractivity contribution in [1.82, 2.24) is 9.97 Å². The lowest BCUT2D eigenvalue weighted by atomic mass is 10.0. The smallest absolute Gasteiger partial charge is 0.419 e. The predicted molar refractivity (Wildman–Crippen MR) is 86.4 cm³/mol. The number of nitrogens with one attached hydrogen (secondary N) is 1. The van der Waals surface area contributed by atoms with Crippen molar-refractivity contribution in [1.29, 1.82) is 0 Å². The van der Waals surface area contributed by atoms with E-state index in [1.165, 1.54) is 18.4 Å². The molecule has 0 fully saturated rings. The van der Waals surface area contributed by atoms with Gasteiger partial charge >= 0.3 is 6.18 Å². The second-order valence-corrected chi connectivity index (χ2v) is 5.97. The number of halogens is 3. The van der Waals surface area contributed by atoms with E-state index >= 15 is 0 Å². The molecule has 1 aliphatic rings. The lowest BCUT2D eigenvalue weighted by molar-refractivity contribution is -0.0919. The van der Waals surface area contributed by atoms with Crippen molar-refractivity contribution in [3.8, 4) is 11.3 Å². The molecule has 1 N–H and O–H groups in total. The van der Waals surface area contributed by atoms with E-state index in [1.54, 1.807) is 18.5 Å². The molecule has 0 radical (unpaired) electrons. The molecule has 24 heavy (non-hydrogen) atoms. The van der Waals surface area contributed by atoms with Crippen LogP contribution in [0.1, 0.15) is 12.8 Å². The molecule has 1 aliphatic carbocycles. The van der Waals surface area contributed by atoms with Crippen molar-refractivity contribution in [2.24, 2.45) is 0 Å².